The van der Waals surface area contributed by atoms with Crippen molar-refractivity contribution in [2.45, 2.75) is 26.2 Å². The van der Waals surface area contributed by atoms with Gasteiger partial charge in [-0.1, -0.05) is 6.92 Å². The van der Waals surface area contributed by atoms with E-state index in [1.807, 2.05) is 0 Å². The zero-order valence-corrected chi connectivity index (χ0v) is 5.22. The Bertz CT molecular complexity index is 108. The lowest BCUT2D eigenvalue weighted by Crippen LogP contribution is -1.93. The fourth-order valence-corrected chi connectivity index (χ4v) is 0.976. The highest BCUT2D eigenvalue weighted by atomic mass is 14.3. The SMILES string of the molecule is CC(CC#N)C1CC1. The standard InChI is InChI=1S/C7H11N/c1-6(4-5-8)7-2-3-7/h6-7H,2-4H2,1H3. The molecule has 1 fully saturated rings. The molecule has 0 aromatic heterocycles. The van der Waals surface area contributed by atoms with Crippen molar-refractivity contribution in [1.29, 1.82) is 5.26 Å². The van der Waals surface area contributed by atoms with E-state index < -0.39 is 0 Å². The third-order valence-electron chi connectivity index (χ3n) is 1.84. The van der Waals surface area contributed by atoms with Gasteiger partial charge in [0.25, 0.3) is 0 Å². The molecule has 0 amide bonds. The molecule has 0 aromatic carbocycles. The zero-order valence-electron chi connectivity index (χ0n) is 5.22. The highest BCUT2D eigenvalue weighted by Gasteiger charge is 2.27. The first-order chi connectivity index (χ1) is 3.84. The van der Waals surface area contributed by atoms with E-state index in [0.29, 0.717) is 5.92 Å². The summed E-state index contributed by atoms with van der Waals surface area (Å²) in [6.45, 7) is 2.17. The van der Waals surface area contributed by atoms with Crippen molar-refractivity contribution in [3.8, 4) is 6.07 Å². The van der Waals surface area contributed by atoms with Gasteiger partial charge in [-0.05, 0) is 24.7 Å². The molecule has 0 N–H and O–H groups in total. The molecule has 1 atom stereocenters. The smallest absolute Gasteiger partial charge is 0.0624 e. The molecular formula is C7H11N. The molecule has 44 valence electrons. The van der Waals surface area contributed by atoms with E-state index >= 15 is 0 Å². The summed E-state index contributed by atoms with van der Waals surface area (Å²) in [6, 6.07) is 2.19. The maximum absolute atomic E-state index is 8.26. The zero-order chi connectivity index (χ0) is 5.98. The van der Waals surface area contributed by atoms with Crippen molar-refractivity contribution in [3.05, 3.63) is 0 Å². The Kier molecular flexibility index (Phi) is 1.53. The Labute approximate surface area is 50.3 Å². The molecule has 0 spiro atoms. The normalized spacial score (nSPS) is 22.0. The van der Waals surface area contributed by atoms with Gasteiger partial charge in [0, 0.05) is 6.42 Å². The molecule has 1 saturated carbocycles. The van der Waals surface area contributed by atoms with E-state index in [4.69, 9.17) is 5.26 Å². The Hall–Kier alpha value is -0.510. The summed E-state index contributed by atoms with van der Waals surface area (Å²) in [5.74, 6) is 1.56. The van der Waals surface area contributed by atoms with Gasteiger partial charge < -0.3 is 0 Å². The van der Waals surface area contributed by atoms with Crippen molar-refractivity contribution in [1.82, 2.24) is 0 Å². The lowest BCUT2D eigenvalue weighted by molar-refractivity contribution is 0.522. The fraction of sp³-hybridized carbons (Fsp3) is 0.857. The average molecular weight is 109 g/mol. The average Bonchev–Trinajstić information content (AvgIpc) is 2.45. The Morgan fingerprint density at radius 1 is 1.75 bits per heavy atom. The molecule has 0 radical (unpaired) electrons. The van der Waals surface area contributed by atoms with E-state index in [-0.39, 0.29) is 0 Å². The van der Waals surface area contributed by atoms with Gasteiger partial charge in [0.15, 0.2) is 0 Å². The van der Waals surface area contributed by atoms with Crippen LogP contribution in [0.15, 0.2) is 0 Å². The maximum Gasteiger partial charge on any atom is 0.0624 e. The summed E-state index contributed by atoms with van der Waals surface area (Å²) < 4.78 is 0. The van der Waals surface area contributed by atoms with Crippen molar-refractivity contribution in [2.75, 3.05) is 0 Å². The number of nitrogens with zero attached hydrogens (tertiary/aromatic N) is 1. The Morgan fingerprint density at radius 2 is 2.38 bits per heavy atom. The second-order valence-electron chi connectivity index (χ2n) is 2.68. The van der Waals surface area contributed by atoms with E-state index in [9.17, 15) is 0 Å². The molecule has 1 nitrogen and oxygen atoms in total. The molecule has 1 aliphatic rings. The first-order valence-corrected chi connectivity index (χ1v) is 3.21. The largest absolute Gasteiger partial charge is 0.198 e. The van der Waals surface area contributed by atoms with Gasteiger partial charge in [-0.3, -0.25) is 0 Å². The van der Waals surface area contributed by atoms with Crippen LogP contribution in [0, 0.1) is 23.2 Å². The minimum atomic E-state index is 0.667. The van der Waals surface area contributed by atoms with Gasteiger partial charge in [-0.25, -0.2) is 0 Å². The molecule has 1 aliphatic carbocycles. The first-order valence-electron chi connectivity index (χ1n) is 3.21. The maximum atomic E-state index is 8.26. The molecule has 1 rings (SSSR count). The summed E-state index contributed by atoms with van der Waals surface area (Å²) in [7, 11) is 0. The van der Waals surface area contributed by atoms with E-state index in [1.54, 1.807) is 0 Å². The van der Waals surface area contributed by atoms with Crippen LogP contribution >= 0.6 is 0 Å². The van der Waals surface area contributed by atoms with Gasteiger partial charge in [-0.15, -0.1) is 0 Å². The van der Waals surface area contributed by atoms with Crippen LogP contribution in [0.25, 0.3) is 0 Å². The van der Waals surface area contributed by atoms with Crippen LogP contribution < -0.4 is 0 Å². The van der Waals surface area contributed by atoms with Crippen LogP contribution in [0.3, 0.4) is 0 Å². The molecule has 0 aromatic rings. The number of hydrogen-bond acceptors (Lipinski definition) is 1. The van der Waals surface area contributed by atoms with Crippen molar-refractivity contribution in [3.63, 3.8) is 0 Å². The number of rotatable bonds is 2. The minimum Gasteiger partial charge on any atom is -0.198 e. The van der Waals surface area contributed by atoms with Gasteiger partial charge >= 0.3 is 0 Å². The quantitative estimate of drug-likeness (QED) is 0.531. The Morgan fingerprint density at radius 3 is 2.75 bits per heavy atom. The van der Waals surface area contributed by atoms with Crippen LogP contribution in [0.1, 0.15) is 26.2 Å². The minimum absolute atomic E-state index is 0.667. The summed E-state index contributed by atoms with van der Waals surface area (Å²) in [5, 5.41) is 8.26. The highest BCUT2D eigenvalue weighted by Crippen LogP contribution is 2.37. The summed E-state index contributed by atoms with van der Waals surface area (Å²) in [6.07, 6.45) is 3.48. The van der Waals surface area contributed by atoms with Crippen molar-refractivity contribution >= 4 is 0 Å². The molecule has 1 heteroatoms. The third-order valence-corrected chi connectivity index (χ3v) is 1.84. The van der Waals surface area contributed by atoms with Gasteiger partial charge in [0.2, 0.25) is 0 Å². The number of hydrogen-bond donors (Lipinski definition) is 0. The fourth-order valence-electron chi connectivity index (χ4n) is 0.976. The molecule has 0 heterocycles. The van der Waals surface area contributed by atoms with Crippen LogP contribution in [-0.2, 0) is 0 Å². The molecule has 0 saturated heterocycles. The monoisotopic (exact) mass is 109 g/mol. The van der Waals surface area contributed by atoms with Crippen LogP contribution in [0.5, 0.6) is 0 Å². The van der Waals surface area contributed by atoms with Crippen LogP contribution in [-0.4, -0.2) is 0 Å². The second-order valence-corrected chi connectivity index (χ2v) is 2.68. The van der Waals surface area contributed by atoms with Crippen LogP contribution in [0.4, 0.5) is 0 Å². The molecule has 0 bridgehead atoms. The number of nitriles is 1. The summed E-state index contributed by atoms with van der Waals surface area (Å²) in [5.41, 5.74) is 0. The first kappa shape index (κ1) is 5.62. The predicted molar refractivity (Wildman–Crippen MR) is 32.1 cm³/mol. The highest BCUT2D eigenvalue weighted by molar-refractivity contribution is 4.84. The lowest BCUT2D eigenvalue weighted by atomic mass is 10.0. The predicted octanol–water partition coefficient (Wildman–Crippen LogP) is 1.95. The van der Waals surface area contributed by atoms with E-state index in [2.05, 4.69) is 13.0 Å². The second kappa shape index (κ2) is 2.17. The molecule has 8 heavy (non-hydrogen) atoms. The van der Waals surface area contributed by atoms with Gasteiger partial charge in [-0.2, -0.15) is 5.26 Å². The van der Waals surface area contributed by atoms with Crippen molar-refractivity contribution < 1.29 is 0 Å². The topological polar surface area (TPSA) is 23.8 Å². The third kappa shape index (κ3) is 1.23. The molecular weight excluding hydrogens is 98.1 g/mol. The summed E-state index contributed by atoms with van der Waals surface area (Å²) in [4.78, 5) is 0. The van der Waals surface area contributed by atoms with Crippen molar-refractivity contribution in [2.24, 2.45) is 11.8 Å². The molecule has 0 aliphatic heterocycles. The molecule has 1 unspecified atom stereocenters. The lowest BCUT2D eigenvalue weighted by Gasteiger charge is -1.99. The summed E-state index contributed by atoms with van der Waals surface area (Å²) >= 11 is 0. The van der Waals surface area contributed by atoms with Crippen LogP contribution in [0.2, 0.25) is 0 Å². The van der Waals surface area contributed by atoms with E-state index in [1.165, 1.54) is 12.8 Å². The van der Waals surface area contributed by atoms with Gasteiger partial charge in [0.05, 0.1) is 6.07 Å². The van der Waals surface area contributed by atoms with E-state index in [0.717, 1.165) is 12.3 Å². The Balaban J connectivity index is 2.15. The van der Waals surface area contributed by atoms with Gasteiger partial charge in [0.1, 0.15) is 0 Å².